The molecule has 0 aliphatic rings. The molecule has 2 aromatic rings. The molecule has 1 aromatic carbocycles. The van der Waals surface area contributed by atoms with Crippen LogP contribution in [-0.4, -0.2) is 35.2 Å². The van der Waals surface area contributed by atoms with Gasteiger partial charge in [0.25, 0.3) is 0 Å². The van der Waals surface area contributed by atoms with Gasteiger partial charge in [0.1, 0.15) is 17.7 Å². The Morgan fingerprint density at radius 1 is 1.36 bits per heavy atom. The highest BCUT2D eigenvalue weighted by Crippen LogP contribution is 2.14. The number of hydrogen-bond acceptors (Lipinski definition) is 3. The van der Waals surface area contributed by atoms with E-state index >= 15 is 0 Å². The number of aromatic nitrogens is 2. The summed E-state index contributed by atoms with van der Waals surface area (Å²) in [5.41, 5.74) is 1.13. The van der Waals surface area contributed by atoms with Crippen molar-refractivity contribution >= 4 is 5.96 Å². The van der Waals surface area contributed by atoms with Crippen LogP contribution in [0.4, 0.5) is 8.78 Å². The first-order valence-electron chi connectivity index (χ1n) is 7.97. The third-order valence-corrected chi connectivity index (χ3v) is 3.48. The van der Waals surface area contributed by atoms with Crippen molar-refractivity contribution in [2.45, 2.75) is 33.0 Å². The van der Waals surface area contributed by atoms with E-state index in [2.05, 4.69) is 20.6 Å². The Hall–Kier alpha value is -2.64. The fourth-order valence-electron chi connectivity index (χ4n) is 2.24. The van der Waals surface area contributed by atoms with Crippen LogP contribution >= 0.6 is 0 Å². The van der Waals surface area contributed by atoms with Gasteiger partial charge in [0.2, 0.25) is 0 Å². The van der Waals surface area contributed by atoms with Crippen LogP contribution in [0.3, 0.4) is 0 Å². The molecular formula is C17H23F2N5O. The summed E-state index contributed by atoms with van der Waals surface area (Å²) in [4.78, 5) is 7.99. The summed E-state index contributed by atoms with van der Waals surface area (Å²) >= 11 is 0. The van der Waals surface area contributed by atoms with E-state index < -0.39 is 6.55 Å². The lowest BCUT2D eigenvalue weighted by molar-refractivity contribution is 0.0668. The minimum Gasteiger partial charge on any atom is -0.489 e. The number of imidazole rings is 1. The van der Waals surface area contributed by atoms with Crippen LogP contribution in [0.5, 0.6) is 5.75 Å². The molecule has 0 aliphatic carbocycles. The topological polar surface area (TPSA) is 63.5 Å². The van der Waals surface area contributed by atoms with Crippen molar-refractivity contribution in [1.29, 1.82) is 0 Å². The van der Waals surface area contributed by atoms with Crippen LogP contribution in [0.1, 0.15) is 24.9 Å². The summed E-state index contributed by atoms with van der Waals surface area (Å²) in [6.45, 7) is 1.98. The summed E-state index contributed by atoms with van der Waals surface area (Å²) < 4.78 is 32.2. The molecule has 0 saturated heterocycles. The van der Waals surface area contributed by atoms with Crippen molar-refractivity contribution in [2.75, 3.05) is 13.6 Å². The maximum absolute atomic E-state index is 12.8. The van der Waals surface area contributed by atoms with Gasteiger partial charge in [-0.25, -0.2) is 4.98 Å². The SMILES string of the molecule is CN=C(NCc1nccn1C(F)F)NCC(C)Oc1cccc(C)c1. The zero-order valence-electron chi connectivity index (χ0n) is 14.5. The lowest BCUT2D eigenvalue weighted by atomic mass is 10.2. The molecule has 25 heavy (non-hydrogen) atoms. The second-order valence-corrected chi connectivity index (χ2v) is 5.58. The lowest BCUT2D eigenvalue weighted by Gasteiger charge is -2.18. The van der Waals surface area contributed by atoms with Crippen LogP contribution in [0, 0.1) is 6.92 Å². The molecule has 6 nitrogen and oxygen atoms in total. The van der Waals surface area contributed by atoms with Crippen molar-refractivity contribution in [3.05, 3.63) is 48.0 Å². The van der Waals surface area contributed by atoms with Gasteiger partial charge in [0.15, 0.2) is 5.96 Å². The van der Waals surface area contributed by atoms with E-state index in [0.717, 1.165) is 15.9 Å². The van der Waals surface area contributed by atoms with E-state index in [4.69, 9.17) is 4.74 Å². The maximum Gasteiger partial charge on any atom is 0.319 e. The number of nitrogens with zero attached hydrogens (tertiary/aromatic N) is 3. The summed E-state index contributed by atoms with van der Waals surface area (Å²) in [5, 5.41) is 6.07. The van der Waals surface area contributed by atoms with Crippen molar-refractivity contribution in [1.82, 2.24) is 20.2 Å². The van der Waals surface area contributed by atoms with Gasteiger partial charge in [-0.15, -0.1) is 0 Å². The van der Waals surface area contributed by atoms with E-state index in [-0.39, 0.29) is 18.5 Å². The molecule has 0 amide bonds. The van der Waals surface area contributed by atoms with E-state index in [1.807, 2.05) is 38.1 Å². The number of benzene rings is 1. The normalized spacial score (nSPS) is 13.0. The summed E-state index contributed by atoms with van der Waals surface area (Å²) in [6, 6.07) is 7.82. The van der Waals surface area contributed by atoms with Gasteiger partial charge in [-0.2, -0.15) is 8.78 Å². The largest absolute Gasteiger partial charge is 0.489 e. The van der Waals surface area contributed by atoms with Crippen molar-refractivity contribution < 1.29 is 13.5 Å². The zero-order chi connectivity index (χ0) is 18.2. The monoisotopic (exact) mass is 351 g/mol. The van der Waals surface area contributed by atoms with Gasteiger partial charge >= 0.3 is 6.55 Å². The van der Waals surface area contributed by atoms with E-state index in [1.54, 1.807) is 7.05 Å². The average molecular weight is 351 g/mol. The zero-order valence-corrected chi connectivity index (χ0v) is 14.5. The van der Waals surface area contributed by atoms with Crippen molar-refractivity contribution in [2.24, 2.45) is 4.99 Å². The molecule has 0 fully saturated rings. The Balaban J connectivity index is 1.80. The number of rotatable bonds is 7. The van der Waals surface area contributed by atoms with Crippen LogP contribution in [0.15, 0.2) is 41.7 Å². The molecule has 0 radical (unpaired) electrons. The smallest absolute Gasteiger partial charge is 0.319 e. The number of alkyl halides is 2. The summed E-state index contributed by atoms with van der Waals surface area (Å²) in [7, 11) is 1.61. The highest BCUT2D eigenvalue weighted by Gasteiger charge is 2.12. The first kappa shape index (κ1) is 18.7. The van der Waals surface area contributed by atoms with Gasteiger partial charge in [0.05, 0.1) is 13.1 Å². The van der Waals surface area contributed by atoms with Crippen LogP contribution in [0.2, 0.25) is 0 Å². The molecule has 1 aromatic heterocycles. The van der Waals surface area contributed by atoms with Gasteiger partial charge in [0, 0.05) is 19.4 Å². The molecule has 1 heterocycles. The fraction of sp³-hybridized carbons (Fsp3) is 0.412. The predicted molar refractivity (Wildman–Crippen MR) is 93.0 cm³/mol. The van der Waals surface area contributed by atoms with Crippen LogP contribution < -0.4 is 15.4 Å². The van der Waals surface area contributed by atoms with Crippen molar-refractivity contribution in [3.63, 3.8) is 0 Å². The Morgan fingerprint density at radius 3 is 2.84 bits per heavy atom. The number of hydrogen-bond donors (Lipinski definition) is 2. The molecule has 2 N–H and O–H groups in total. The second-order valence-electron chi connectivity index (χ2n) is 5.58. The van der Waals surface area contributed by atoms with E-state index in [0.29, 0.717) is 12.5 Å². The maximum atomic E-state index is 12.8. The number of guanidine groups is 1. The molecule has 1 atom stereocenters. The number of nitrogens with one attached hydrogen (secondary N) is 2. The first-order chi connectivity index (χ1) is 12.0. The summed E-state index contributed by atoms with van der Waals surface area (Å²) in [6.07, 6.45) is 2.50. The predicted octanol–water partition coefficient (Wildman–Crippen LogP) is 2.72. The van der Waals surface area contributed by atoms with E-state index in [1.165, 1.54) is 12.4 Å². The number of halogens is 2. The van der Waals surface area contributed by atoms with Crippen molar-refractivity contribution in [3.8, 4) is 5.75 Å². The number of aryl methyl sites for hydroxylation is 1. The van der Waals surface area contributed by atoms with Gasteiger partial charge in [-0.05, 0) is 31.5 Å². The molecule has 136 valence electrons. The van der Waals surface area contributed by atoms with E-state index in [9.17, 15) is 8.78 Å². The Bertz CT molecular complexity index is 702. The third-order valence-electron chi connectivity index (χ3n) is 3.48. The summed E-state index contributed by atoms with van der Waals surface area (Å²) in [5.74, 6) is 1.53. The average Bonchev–Trinajstić information content (AvgIpc) is 3.04. The molecule has 0 bridgehead atoms. The lowest BCUT2D eigenvalue weighted by Crippen LogP contribution is -2.41. The van der Waals surface area contributed by atoms with Gasteiger partial charge in [-0.3, -0.25) is 9.56 Å². The number of aliphatic imine (C=N–C) groups is 1. The second kappa shape index (κ2) is 9.00. The standard InChI is InChI=1S/C17H23F2N5O/c1-12-5-4-6-14(9-12)25-13(2)10-22-17(20-3)23-11-15-21-7-8-24(15)16(18)19/h4-9,13,16H,10-11H2,1-3H3,(H2,20,22,23). The molecule has 2 rings (SSSR count). The molecule has 1 unspecified atom stereocenters. The fourth-order valence-corrected chi connectivity index (χ4v) is 2.24. The van der Waals surface area contributed by atoms with Gasteiger partial charge < -0.3 is 15.4 Å². The molecule has 0 aliphatic heterocycles. The number of ether oxygens (including phenoxy) is 1. The minimum atomic E-state index is -2.61. The first-order valence-corrected chi connectivity index (χ1v) is 7.97. The van der Waals surface area contributed by atoms with Crippen LogP contribution in [-0.2, 0) is 6.54 Å². The Morgan fingerprint density at radius 2 is 2.16 bits per heavy atom. The minimum absolute atomic E-state index is 0.0941. The third kappa shape index (κ3) is 5.74. The molecular weight excluding hydrogens is 328 g/mol. The molecule has 8 heteroatoms. The molecule has 0 spiro atoms. The Kier molecular flexibility index (Phi) is 6.73. The molecule has 0 saturated carbocycles. The highest BCUT2D eigenvalue weighted by molar-refractivity contribution is 5.79. The highest BCUT2D eigenvalue weighted by atomic mass is 19.3. The quantitative estimate of drug-likeness (QED) is 0.595. The van der Waals surface area contributed by atoms with Gasteiger partial charge in [-0.1, -0.05) is 12.1 Å². The van der Waals surface area contributed by atoms with Crippen LogP contribution in [0.25, 0.3) is 0 Å². The Labute approximate surface area is 145 Å².